The highest BCUT2D eigenvalue weighted by atomic mass is 16.7. The average Bonchev–Trinajstić information content (AvgIpc) is 1.87. The van der Waals surface area contributed by atoms with Crippen molar-refractivity contribution in [2.45, 2.75) is 20.8 Å². The molecule has 64 valence electrons. The van der Waals surface area contributed by atoms with Crippen molar-refractivity contribution in [3.8, 4) is 0 Å². The van der Waals surface area contributed by atoms with Crippen LogP contribution in [-0.2, 0) is 14.3 Å². The fraction of sp³-hybridized carbons (Fsp3) is 0.714. The first-order valence-electron chi connectivity index (χ1n) is 3.46. The minimum Gasteiger partial charge on any atom is -0.434 e. The molecule has 0 heterocycles. The normalized spacial score (nSPS) is 9.45. The predicted molar refractivity (Wildman–Crippen MR) is 38.0 cm³/mol. The van der Waals surface area contributed by atoms with Crippen LogP contribution in [0.1, 0.15) is 20.8 Å². The Hall–Kier alpha value is -1.06. The van der Waals surface area contributed by atoms with Gasteiger partial charge in [-0.2, -0.15) is 0 Å². The fourth-order valence-corrected chi connectivity index (χ4v) is 0.347. The van der Waals surface area contributed by atoms with Crippen LogP contribution in [0.5, 0.6) is 0 Å². The number of ether oxygens (including phenoxy) is 2. The molecule has 0 saturated carbocycles. The first kappa shape index (κ1) is 9.94. The Morgan fingerprint density at radius 1 is 1.36 bits per heavy atom. The van der Waals surface area contributed by atoms with Crippen LogP contribution < -0.4 is 0 Å². The van der Waals surface area contributed by atoms with Crippen molar-refractivity contribution in [2.75, 3.05) is 6.61 Å². The summed E-state index contributed by atoms with van der Waals surface area (Å²) in [5.74, 6) is -0.872. The highest BCUT2D eigenvalue weighted by Gasteiger charge is 2.13. The molecule has 0 saturated heterocycles. The number of carbonyl (C=O) groups is 2. The van der Waals surface area contributed by atoms with Gasteiger partial charge in [-0.15, -0.1) is 0 Å². The van der Waals surface area contributed by atoms with Crippen molar-refractivity contribution in [3.63, 3.8) is 0 Å². The first-order valence-corrected chi connectivity index (χ1v) is 3.46. The largest absolute Gasteiger partial charge is 0.516 e. The molecule has 0 aromatic carbocycles. The lowest BCUT2D eigenvalue weighted by molar-refractivity contribution is -0.143. The Morgan fingerprint density at radius 2 is 1.91 bits per heavy atom. The van der Waals surface area contributed by atoms with Gasteiger partial charge in [0.15, 0.2) is 0 Å². The maximum Gasteiger partial charge on any atom is 0.516 e. The number of hydrogen-bond acceptors (Lipinski definition) is 4. The van der Waals surface area contributed by atoms with E-state index < -0.39 is 12.1 Å². The van der Waals surface area contributed by atoms with Crippen LogP contribution in [0.15, 0.2) is 0 Å². The van der Waals surface area contributed by atoms with Crippen LogP contribution >= 0.6 is 0 Å². The molecule has 4 nitrogen and oxygen atoms in total. The fourth-order valence-electron chi connectivity index (χ4n) is 0.347. The monoisotopic (exact) mass is 160 g/mol. The molecule has 0 aliphatic carbocycles. The highest BCUT2D eigenvalue weighted by molar-refractivity contribution is 5.82. The SMILES string of the molecule is CCOC(=O)OC(=O)C(C)C. The highest BCUT2D eigenvalue weighted by Crippen LogP contribution is 1.97. The minimum atomic E-state index is -0.925. The molecule has 11 heavy (non-hydrogen) atoms. The summed E-state index contributed by atoms with van der Waals surface area (Å²) in [6, 6.07) is 0. The zero-order chi connectivity index (χ0) is 8.85. The van der Waals surface area contributed by atoms with E-state index >= 15 is 0 Å². The van der Waals surface area contributed by atoms with Gasteiger partial charge in [-0.3, -0.25) is 4.79 Å². The second kappa shape index (κ2) is 4.71. The molecule has 0 atom stereocenters. The van der Waals surface area contributed by atoms with E-state index in [0.717, 1.165) is 0 Å². The Balaban J connectivity index is 3.67. The van der Waals surface area contributed by atoms with E-state index in [-0.39, 0.29) is 12.5 Å². The van der Waals surface area contributed by atoms with E-state index in [1.165, 1.54) is 0 Å². The Bertz CT molecular complexity index is 151. The molecular formula is C7H12O4. The summed E-state index contributed by atoms with van der Waals surface area (Å²) in [6.45, 7) is 5.13. The average molecular weight is 160 g/mol. The van der Waals surface area contributed by atoms with Gasteiger partial charge >= 0.3 is 12.1 Å². The van der Waals surface area contributed by atoms with Crippen molar-refractivity contribution < 1.29 is 19.1 Å². The van der Waals surface area contributed by atoms with Gasteiger partial charge in [0, 0.05) is 0 Å². The van der Waals surface area contributed by atoms with E-state index in [1.54, 1.807) is 20.8 Å². The van der Waals surface area contributed by atoms with Gasteiger partial charge in [0.05, 0.1) is 12.5 Å². The molecule has 0 N–H and O–H groups in total. The zero-order valence-corrected chi connectivity index (χ0v) is 6.92. The Morgan fingerprint density at radius 3 is 2.27 bits per heavy atom. The maximum atomic E-state index is 10.7. The molecule has 0 aromatic heterocycles. The summed E-state index contributed by atoms with van der Waals surface area (Å²) in [7, 11) is 0. The molecule has 0 aliphatic rings. The molecule has 0 fully saturated rings. The topological polar surface area (TPSA) is 52.6 Å². The summed E-state index contributed by atoms with van der Waals surface area (Å²) in [6.07, 6.45) is -0.925. The molecule has 0 rings (SSSR count). The van der Waals surface area contributed by atoms with Gasteiger partial charge in [-0.1, -0.05) is 13.8 Å². The van der Waals surface area contributed by atoms with Gasteiger partial charge in [0.2, 0.25) is 0 Å². The summed E-state index contributed by atoms with van der Waals surface area (Å²) in [5.41, 5.74) is 0. The lowest BCUT2D eigenvalue weighted by atomic mass is 10.2. The molecule has 4 heteroatoms. The van der Waals surface area contributed by atoms with Gasteiger partial charge in [0.1, 0.15) is 0 Å². The molecule has 0 radical (unpaired) electrons. The van der Waals surface area contributed by atoms with Crippen molar-refractivity contribution >= 4 is 12.1 Å². The quantitative estimate of drug-likeness (QED) is 0.452. The summed E-state index contributed by atoms with van der Waals surface area (Å²) in [4.78, 5) is 21.2. The van der Waals surface area contributed by atoms with E-state index in [9.17, 15) is 9.59 Å². The van der Waals surface area contributed by atoms with Crippen molar-refractivity contribution in [1.82, 2.24) is 0 Å². The van der Waals surface area contributed by atoms with E-state index in [4.69, 9.17) is 0 Å². The Kier molecular flexibility index (Phi) is 4.26. The lowest BCUT2D eigenvalue weighted by Gasteiger charge is -2.03. The third-order valence-corrected chi connectivity index (χ3v) is 0.918. The second-order valence-electron chi connectivity index (χ2n) is 2.26. The third-order valence-electron chi connectivity index (χ3n) is 0.918. The van der Waals surface area contributed by atoms with Crippen LogP contribution in [0.2, 0.25) is 0 Å². The second-order valence-corrected chi connectivity index (χ2v) is 2.26. The molecule has 0 aromatic rings. The van der Waals surface area contributed by atoms with Gasteiger partial charge in [0.25, 0.3) is 0 Å². The summed E-state index contributed by atoms with van der Waals surface area (Å²) < 4.78 is 8.63. The summed E-state index contributed by atoms with van der Waals surface area (Å²) >= 11 is 0. The lowest BCUT2D eigenvalue weighted by Crippen LogP contribution is -2.17. The third kappa shape index (κ3) is 4.36. The van der Waals surface area contributed by atoms with E-state index in [0.29, 0.717) is 0 Å². The maximum absolute atomic E-state index is 10.7. The Labute approximate surface area is 65.5 Å². The van der Waals surface area contributed by atoms with Crippen LogP contribution in [0.3, 0.4) is 0 Å². The molecule has 0 spiro atoms. The molecule has 0 bridgehead atoms. The van der Waals surface area contributed by atoms with Crippen molar-refractivity contribution in [1.29, 1.82) is 0 Å². The minimum absolute atomic E-state index is 0.213. The predicted octanol–water partition coefficient (Wildman–Crippen LogP) is 1.34. The van der Waals surface area contributed by atoms with Crippen molar-refractivity contribution in [3.05, 3.63) is 0 Å². The van der Waals surface area contributed by atoms with Gasteiger partial charge in [-0.25, -0.2) is 4.79 Å². The first-order chi connectivity index (χ1) is 5.07. The number of rotatable bonds is 2. The van der Waals surface area contributed by atoms with Crippen LogP contribution in [0, 0.1) is 5.92 Å². The van der Waals surface area contributed by atoms with Crippen molar-refractivity contribution in [2.24, 2.45) is 5.92 Å². The molecule has 0 aliphatic heterocycles. The van der Waals surface area contributed by atoms with Crippen LogP contribution in [0.25, 0.3) is 0 Å². The standard InChI is InChI=1S/C7H12O4/c1-4-10-7(9)11-6(8)5(2)3/h5H,4H2,1-3H3. The summed E-state index contributed by atoms with van der Waals surface area (Å²) in [5, 5.41) is 0. The number of esters is 1. The smallest absolute Gasteiger partial charge is 0.434 e. The van der Waals surface area contributed by atoms with E-state index in [2.05, 4.69) is 9.47 Å². The number of carbonyl (C=O) groups excluding carboxylic acids is 2. The van der Waals surface area contributed by atoms with Crippen LogP contribution in [0.4, 0.5) is 4.79 Å². The number of hydrogen-bond donors (Lipinski definition) is 0. The zero-order valence-electron chi connectivity index (χ0n) is 6.92. The molecular weight excluding hydrogens is 148 g/mol. The molecule has 0 amide bonds. The molecule has 0 unspecified atom stereocenters. The van der Waals surface area contributed by atoms with Crippen LogP contribution in [-0.4, -0.2) is 18.7 Å². The van der Waals surface area contributed by atoms with Gasteiger partial charge < -0.3 is 9.47 Å². The van der Waals surface area contributed by atoms with Gasteiger partial charge in [-0.05, 0) is 6.92 Å². The van der Waals surface area contributed by atoms with E-state index in [1.807, 2.05) is 0 Å².